The fourth-order valence-electron chi connectivity index (χ4n) is 1.37. The van der Waals surface area contributed by atoms with Crippen LogP contribution >= 0.6 is 11.6 Å². The molecule has 15 heavy (non-hydrogen) atoms. The molecule has 0 amide bonds. The van der Waals surface area contributed by atoms with Crippen LogP contribution in [0.1, 0.15) is 10.4 Å². The second-order valence-corrected chi connectivity index (χ2v) is 3.62. The van der Waals surface area contributed by atoms with Gasteiger partial charge in [-0.25, -0.2) is 0 Å². The minimum absolute atomic E-state index is 0.582. The number of carbonyl (C=O) groups excluding carboxylic acids is 1. The van der Waals surface area contributed by atoms with Gasteiger partial charge >= 0.3 is 0 Å². The summed E-state index contributed by atoms with van der Waals surface area (Å²) in [5, 5.41) is 0.582. The Morgan fingerprint density at radius 2 is 2.27 bits per heavy atom. The number of benzene rings is 1. The first-order valence-electron chi connectivity index (χ1n) is 4.64. The van der Waals surface area contributed by atoms with Crippen LogP contribution in [-0.4, -0.2) is 33.6 Å². The number of methoxy groups -OCH3 is 1. The molecule has 0 radical (unpaired) electrons. The minimum atomic E-state index is 0.582. The molecule has 0 fully saturated rings. The fraction of sp³-hybridized carbons (Fsp3) is 0.364. The van der Waals surface area contributed by atoms with Gasteiger partial charge in [-0.05, 0) is 12.1 Å². The van der Waals surface area contributed by atoms with Gasteiger partial charge in [0.05, 0.1) is 17.3 Å². The maximum absolute atomic E-state index is 10.8. The van der Waals surface area contributed by atoms with E-state index in [9.17, 15) is 4.79 Å². The van der Waals surface area contributed by atoms with Gasteiger partial charge in [-0.1, -0.05) is 17.7 Å². The topological polar surface area (TPSA) is 29.5 Å². The third-order valence-corrected chi connectivity index (χ3v) is 2.46. The summed E-state index contributed by atoms with van der Waals surface area (Å²) in [4.78, 5) is 12.8. The van der Waals surface area contributed by atoms with Crippen molar-refractivity contribution in [3.05, 3.63) is 28.8 Å². The van der Waals surface area contributed by atoms with Gasteiger partial charge in [0.15, 0.2) is 6.29 Å². The normalized spacial score (nSPS) is 10.1. The first-order chi connectivity index (χ1) is 7.20. The Kier molecular flexibility index (Phi) is 4.59. The Balaban J connectivity index is 2.95. The van der Waals surface area contributed by atoms with Crippen LogP contribution in [0.15, 0.2) is 18.2 Å². The number of carbonyl (C=O) groups is 1. The van der Waals surface area contributed by atoms with Gasteiger partial charge in [0, 0.05) is 26.3 Å². The number of aldehydes is 1. The molecule has 1 aromatic rings. The number of hydrogen-bond acceptors (Lipinski definition) is 3. The van der Waals surface area contributed by atoms with Gasteiger partial charge in [-0.15, -0.1) is 0 Å². The van der Waals surface area contributed by atoms with Crippen LogP contribution in [0.4, 0.5) is 5.69 Å². The number of para-hydroxylation sites is 1. The monoisotopic (exact) mass is 227 g/mol. The molecule has 0 N–H and O–H groups in total. The summed E-state index contributed by atoms with van der Waals surface area (Å²) < 4.78 is 4.97. The standard InChI is InChI=1S/C11H14ClNO2/c1-13(6-7-15-2)11-9(8-14)4-3-5-10(11)12/h3-5,8H,6-7H2,1-2H3. The highest BCUT2D eigenvalue weighted by molar-refractivity contribution is 6.33. The molecule has 4 heteroatoms. The van der Waals surface area contributed by atoms with Gasteiger partial charge < -0.3 is 9.64 Å². The lowest BCUT2D eigenvalue weighted by molar-refractivity contribution is 0.112. The van der Waals surface area contributed by atoms with Crippen LogP contribution in [0.25, 0.3) is 0 Å². The lowest BCUT2D eigenvalue weighted by atomic mass is 10.2. The lowest BCUT2D eigenvalue weighted by Gasteiger charge is -2.21. The summed E-state index contributed by atoms with van der Waals surface area (Å²) in [5.74, 6) is 0. The Bertz CT molecular complexity index is 341. The minimum Gasteiger partial charge on any atom is -0.383 e. The number of ether oxygens (including phenoxy) is 1. The average Bonchev–Trinajstić information content (AvgIpc) is 2.25. The van der Waals surface area contributed by atoms with Crippen LogP contribution < -0.4 is 4.90 Å². The first kappa shape index (κ1) is 12.0. The van der Waals surface area contributed by atoms with Crippen molar-refractivity contribution in [3.63, 3.8) is 0 Å². The van der Waals surface area contributed by atoms with Crippen molar-refractivity contribution in [2.24, 2.45) is 0 Å². The van der Waals surface area contributed by atoms with Gasteiger partial charge in [0.2, 0.25) is 0 Å². The molecule has 0 aromatic heterocycles. The van der Waals surface area contributed by atoms with Crippen LogP contribution in [-0.2, 0) is 4.74 Å². The van der Waals surface area contributed by atoms with E-state index >= 15 is 0 Å². The van der Waals surface area contributed by atoms with E-state index in [-0.39, 0.29) is 0 Å². The molecule has 0 bridgehead atoms. The second kappa shape index (κ2) is 5.73. The van der Waals surface area contributed by atoms with Crippen molar-refractivity contribution in [2.45, 2.75) is 0 Å². The number of nitrogens with zero attached hydrogens (tertiary/aromatic N) is 1. The molecule has 3 nitrogen and oxygen atoms in total. The maximum Gasteiger partial charge on any atom is 0.152 e. The summed E-state index contributed by atoms with van der Waals surface area (Å²) in [6.07, 6.45) is 0.810. The molecule has 0 aliphatic rings. The fourth-order valence-corrected chi connectivity index (χ4v) is 1.70. The highest BCUT2D eigenvalue weighted by Gasteiger charge is 2.10. The van der Waals surface area contributed by atoms with E-state index in [0.717, 1.165) is 12.0 Å². The van der Waals surface area contributed by atoms with Crippen LogP contribution in [0, 0.1) is 0 Å². The molecule has 0 spiro atoms. The number of halogens is 1. The Hall–Kier alpha value is -1.06. The van der Waals surface area contributed by atoms with E-state index in [1.807, 2.05) is 11.9 Å². The maximum atomic E-state index is 10.8. The number of hydrogen-bond donors (Lipinski definition) is 0. The van der Waals surface area contributed by atoms with Gasteiger partial charge in [0.25, 0.3) is 0 Å². The molecule has 0 heterocycles. The van der Waals surface area contributed by atoms with E-state index in [0.29, 0.717) is 23.7 Å². The average molecular weight is 228 g/mol. The Morgan fingerprint density at radius 1 is 1.53 bits per heavy atom. The highest BCUT2D eigenvalue weighted by Crippen LogP contribution is 2.27. The number of rotatable bonds is 5. The largest absolute Gasteiger partial charge is 0.383 e. The van der Waals surface area contributed by atoms with Gasteiger partial charge in [-0.3, -0.25) is 4.79 Å². The third kappa shape index (κ3) is 2.94. The highest BCUT2D eigenvalue weighted by atomic mass is 35.5. The molecule has 1 rings (SSSR count). The Morgan fingerprint density at radius 3 is 2.87 bits per heavy atom. The predicted molar refractivity (Wildman–Crippen MR) is 62.0 cm³/mol. The zero-order chi connectivity index (χ0) is 11.3. The molecule has 0 unspecified atom stereocenters. The van der Waals surface area contributed by atoms with Gasteiger partial charge in [0.1, 0.15) is 0 Å². The van der Waals surface area contributed by atoms with Crippen molar-refractivity contribution in [3.8, 4) is 0 Å². The summed E-state index contributed by atoms with van der Waals surface area (Å²) in [6.45, 7) is 1.29. The molecule has 0 saturated carbocycles. The molecular weight excluding hydrogens is 214 g/mol. The van der Waals surface area contributed by atoms with E-state index in [1.54, 1.807) is 25.3 Å². The van der Waals surface area contributed by atoms with Crippen LogP contribution in [0.3, 0.4) is 0 Å². The lowest BCUT2D eigenvalue weighted by Crippen LogP contribution is -2.23. The number of likely N-dealkylation sites (N-methyl/N-ethyl adjacent to an activating group) is 1. The molecule has 0 aliphatic carbocycles. The quantitative estimate of drug-likeness (QED) is 0.723. The van der Waals surface area contributed by atoms with Crippen molar-refractivity contribution in [1.82, 2.24) is 0 Å². The summed E-state index contributed by atoms with van der Waals surface area (Å²) in [7, 11) is 3.52. The van der Waals surface area contributed by atoms with E-state index in [1.165, 1.54) is 0 Å². The van der Waals surface area contributed by atoms with Crippen molar-refractivity contribution < 1.29 is 9.53 Å². The van der Waals surface area contributed by atoms with Crippen LogP contribution in [0.5, 0.6) is 0 Å². The zero-order valence-electron chi connectivity index (χ0n) is 8.87. The summed E-state index contributed by atoms with van der Waals surface area (Å²) >= 11 is 6.04. The van der Waals surface area contributed by atoms with Crippen molar-refractivity contribution in [2.75, 3.05) is 32.2 Å². The SMILES string of the molecule is COCCN(C)c1c(Cl)cccc1C=O. The van der Waals surface area contributed by atoms with E-state index in [2.05, 4.69) is 0 Å². The summed E-state index contributed by atoms with van der Waals surface area (Å²) in [6, 6.07) is 5.28. The van der Waals surface area contributed by atoms with Crippen molar-refractivity contribution >= 4 is 23.6 Å². The molecule has 0 aliphatic heterocycles. The molecular formula is C11H14ClNO2. The third-order valence-electron chi connectivity index (χ3n) is 2.16. The summed E-state index contributed by atoms with van der Waals surface area (Å²) in [5.41, 5.74) is 1.35. The zero-order valence-corrected chi connectivity index (χ0v) is 9.62. The first-order valence-corrected chi connectivity index (χ1v) is 5.02. The molecule has 1 aromatic carbocycles. The van der Waals surface area contributed by atoms with Crippen molar-refractivity contribution in [1.29, 1.82) is 0 Å². The molecule has 82 valence electrons. The van der Waals surface area contributed by atoms with Gasteiger partial charge in [-0.2, -0.15) is 0 Å². The molecule has 0 saturated heterocycles. The predicted octanol–water partition coefficient (Wildman–Crippen LogP) is 2.24. The second-order valence-electron chi connectivity index (χ2n) is 3.21. The van der Waals surface area contributed by atoms with E-state index < -0.39 is 0 Å². The molecule has 0 atom stereocenters. The Labute approximate surface area is 94.6 Å². The van der Waals surface area contributed by atoms with Crippen LogP contribution in [0.2, 0.25) is 5.02 Å². The van der Waals surface area contributed by atoms with E-state index in [4.69, 9.17) is 16.3 Å². The number of anilines is 1. The smallest absolute Gasteiger partial charge is 0.152 e.